The minimum Gasteiger partial charge on any atom is -0.481 e. The summed E-state index contributed by atoms with van der Waals surface area (Å²) >= 11 is 0. The second-order valence-corrected chi connectivity index (χ2v) is 4.53. The molecule has 0 saturated heterocycles. The Morgan fingerprint density at radius 2 is 2.20 bits per heavy atom. The molecule has 0 saturated carbocycles. The third kappa shape index (κ3) is 3.94. The number of aliphatic carboxylic acids is 1. The molecule has 9 heteroatoms. The van der Waals surface area contributed by atoms with E-state index in [1.165, 1.54) is 6.92 Å². The average molecular weight is 235 g/mol. The Morgan fingerprint density at radius 3 is 2.67 bits per heavy atom. The summed E-state index contributed by atoms with van der Waals surface area (Å²) in [5, 5.41) is 15.1. The van der Waals surface area contributed by atoms with Crippen LogP contribution >= 0.6 is 0 Å². The fourth-order valence-electron chi connectivity index (χ4n) is 0.744. The molecule has 0 radical (unpaired) electrons. The van der Waals surface area contributed by atoms with Gasteiger partial charge in [-0.15, -0.1) is 5.10 Å². The van der Waals surface area contributed by atoms with Crippen LogP contribution in [-0.2, 0) is 14.8 Å². The van der Waals surface area contributed by atoms with Crippen molar-refractivity contribution in [1.82, 2.24) is 10.2 Å². The summed E-state index contributed by atoms with van der Waals surface area (Å²) in [6, 6.07) is -0.266. The molecule has 0 atom stereocenters. The van der Waals surface area contributed by atoms with Gasteiger partial charge < -0.3 is 9.52 Å². The fourth-order valence-corrected chi connectivity index (χ4v) is 1.64. The quantitative estimate of drug-likeness (QED) is 0.711. The monoisotopic (exact) mass is 235 g/mol. The molecule has 0 bridgehead atoms. The molecule has 0 unspecified atom stereocenters. The summed E-state index contributed by atoms with van der Waals surface area (Å²) in [4.78, 5) is 10.2. The first kappa shape index (κ1) is 11.4. The van der Waals surface area contributed by atoms with Crippen molar-refractivity contribution in [3.63, 3.8) is 0 Å². The first-order valence-electron chi connectivity index (χ1n) is 3.91. The van der Waals surface area contributed by atoms with Gasteiger partial charge in [-0.3, -0.25) is 4.79 Å². The molecule has 15 heavy (non-hydrogen) atoms. The van der Waals surface area contributed by atoms with Crippen LogP contribution in [0.5, 0.6) is 0 Å². The van der Waals surface area contributed by atoms with E-state index < -0.39 is 28.2 Å². The highest BCUT2D eigenvalue weighted by molar-refractivity contribution is 7.92. The van der Waals surface area contributed by atoms with E-state index in [-0.39, 0.29) is 11.9 Å². The van der Waals surface area contributed by atoms with Crippen LogP contribution in [0.1, 0.15) is 12.3 Å². The summed E-state index contributed by atoms with van der Waals surface area (Å²) < 4.78 is 29.2. The molecule has 1 rings (SSSR count). The van der Waals surface area contributed by atoms with E-state index in [1.54, 1.807) is 0 Å². The number of sulfonamides is 1. The molecule has 0 fully saturated rings. The number of hydrogen-bond acceptors (Lipinski definition) is 6. The van der Waals surface area contributed by atoms with Gasteiger partial charge >= 0.3 is 12.0 Å². The number of carboxylic acid groups (broad SMARTS) is 1. The number of nitrogens with one attached hydrogen (secondary N) is 1. The molecule has 0 spiro atoms. The molecule has 0 aliphatic carbocycles. The Hall–Kier alpha value is -1.64. The van der Waals surface area contributed by atoms with E-state index in [2.05, 4.69) is 10.2 Å². The van der Waals surface area contributed by atoms with Crippen molar-refractivity contribution in [3.05, 3.63) is 5.89 Å². The van der Waals surface area contributed by atoms with Crippen LogP contribution in [-0.4, -0.2) is 35.4 Å². The summed E-state index contributed by atoms with van der Waals surface area (Å²) in [5.41, 5.74) is 0. The Labute approximate surface area is 85.4 Å². The van der Waals surface area contributed by atoms with E-state index in [9.17, 15) is 13.2 Å². The number of hydrogen-bond donors (Lipinski definition) is 2. The van der Waals surface area contributed by atoms with Gasteiger partial charge in [-0.1, -0.05) is 5.10 Å². The van der Waals surface area contributed by atoms with Crippen LogP contribution in [0, 0.1) is 6.92 Å². The lowest BCUT2D eigenvalue weighted by Gasteiger charge is -2.00. The van der Waals surface area contributed by atoms with Crippen molar-refractivity contribution in [1.29, 1.82) is 0 Å². The van der Waals surface area contributed by atoms with Crippen LogP contribution in [0.3, 0.4) is 0 Å². The van der Waals surface area contributed by atoms with E-state index in [4.69, 9.17) is 9.52 Å². The van der Waals surface area contributed by atoms with Gasteiger partial charge in [0.05, 0.1) is 12.2 Å². The van der Waals surface area contributed by atoms with Gasteiger partial charge in [-0.2, -0.15) is 0 Å². The second kappa shape index (κ2) is 4.26. The van der Waals surface area contributed by atoms with E-state index in [0.29, 0.717) is 0 Å². The highest BCUT2D eigenvalue weighted by Crippen LogP contribution is 2.06. The molecule has 0 amide bonds. The Bertz CT molecular complexity index is 451. The Kier molecular flexibility index (Phi) is 3.24. The highest BCUT2D eigenvalue weighted by atomic mass is 32.2. The van der Waals surface area contributed by atoms with Crippen LogP contribution < -0.4 is 4.72 Å². The normalized spacial score (nSPS) is 11.3. The predicted molar refractivity (Wildman–Crippen MR) is 48.7 cm³/mol. The fraction of sp³-hybridized carbons (Fsp3) is 0.500. The van der Waals surface area contributed by atoms with E-state index in [0.717, 1.165) is 0 Å². The summed E-state index contributed by atoms with van der Waals surface area (Å²) in [6.45, 7) is 1.50. The average Bonchev–Trinajstić information content (AvgIpc) is 2.47. The van der Waals surface area contributed by atoms with Gasteiger partial charge in [0, 0.05) is 6.92 Å². The third-order valence-electron chi connectivity index (χ3n) is 1.35. The minimum atomic E-state index is -3.74. The van der Waals surface area contributed by atoms with Gasteiger partial charge in [0.15, 0.2) is 0 Å². The van der Waals surface area contributed by atoms with Crippen LogP contribution in [0.15, 0.2) is 4.42 Å². The largest absolute Gasteiger partial charge is 0.481 e. The predicted octanol–water partition coefficient (Wildman–Crippen LogP) is -0.406. The van der Waals surface area contributed by atoms with Gasteiger partial charge in [-0.05, 0) is 0 Å². The van der Waals surface area contributed by atoms with Crippen molar-refractivity contribution in [2.45, 2.75) is 13.3 Å². The lowest BCUT2D eigenvalue weighted by molar-refractivity contribution is -0.136. The molecule has 2 N–H and O–H groups in total. The van der Waals surface area contributed by atoms with Gasteiger partial charge in [0.1, 0.15) is 0 Å². The molecule has 1 aromatic heterocycles. The number of aromatic nitrogens is 2. The SMILES string of the molecule is Cc1nnc(NS(=O)(=O)CCC(=O)O)o1. The molecular weight excluding hydrogens is 226 g/mol. The summed E-state index contributed by atoms with van der Waals surface area (Å²) in [5.74, 6) is -1.52. The first-order valence-corrected chi connectivity index (χ1v) is 5.57. The molecule has 1 aromatic rings. The zero-order valence-corrected chi connectivity index (χ0v) is 8.61. The number of nitrogens with zero attached hydrogens (tertiary/aromatic N) is 2. The number of carboxylic acids is 1. The van der Waals surface area contributed by atoms with Crippen molar-refractivity contribution in [2.24, 2.45) is 0 Å². The number of rotatable bonds is 5. The zero-order valence-electron chi connectivity index (χ0n) is 7.80. The Balaban J connectivity index is 2.60. The molecule has 0 aliphatic rings. The van der Waals surface area contributed by atoms with Crippen molar-refractivity contribution in [2.75, 3.05) is 10.5 Å². The smallest absolute Gasteiger partial charge is 0.329 e. The molecule has 84 valence electrons. The molecule has 1 heterocycles. The third-order valence-corrected chi connectivity index (χ3v) is 2.58. The number of aryl methyl sites for hydroxylation is 1. The topological polar surface area (TPSA) is 122 Å². The van der Waals surface area contributed by atoms with Crippen LogP contribution in [0.25, 0.3) is 0 Å². The van der Waals surface area contributed by atoms with Crippen molar-refractivity contribution in [3.8, 4) is 0 Å². The minimum absolute atomic E-state index is 0.214. The molecule has 8 nitrogen and oxygen atoms in total. The van der Waals surface area contributed by atoms with Gasteiger partial charge in [-0.25, -0.2) is 13.1 Å². The highest BCUT2D eigenvalue weighted by Gasteiger charge is 2.15. The van der Waals surface area contributed by atoms with Crippen LogP contribution in [0.4, 0.5) is 6.01 Å². The number of anilines is 1. The lowest BCUT2D eigenvalue weighted by Crippen LogP contribution is -2.19. The van der Waals surface area contributed by atoms with E-state index in [1.807, 2.05) is 4.72 Å². The van der Waals surface area contributed by atoms with Crippen molar-refractivity contribution >= 4 is 22.0 Å². The lowest BCUT2D eigenvalue weighted by atomic mass is 10.5. The maximum Gasteiger partial charge on any atom is 0.329 e. The number of carbonyl (C=O) groups is 1. The summed E-state index contributed by atoms with van der Waals surface area (Å²) in [6.07, 6.45) is -0.484. The second-order valence-electron chi connectivity index (χ2n) is 2.69. The van der Waals surface area contributed by atoms with Crippen LogP contribution in [0.2, 0.25) is 0 Å². The van der Waals surface area contributed by atoms with Gasteiger partial charge in [0.25, 0.3) is 0 Å². The maximum absolute atomic E-state index is 11.2. The molecule has 0 aliphatic heterocycles. The first-order chi connectivity index (χ1) is 6.89. The maximum atomic E-state index is 11.2. The van der Waals surface area contributed by atoms with Crippen molar-refractivity contribution < 1.29 is 22.7 Å². The summed E-state index contributed by atoms with van der Waals surface area (Å²) in [7, 11) is -3.74. The van der Waals surface area contributed by atoms with Gasteiger partial charge in [0.2, 0.25) is 15.9 Å². The molecular formula is C6H9N3O5S. The Morgan fingerprint density at radius 1 is 1.53 bits per heavy atom. The zero-order chi connectivity index (χ0) is 11.5. The standard InChI is InChI=1S/C6H9N3O5S/c1-4-7-8-6(14-4)9-15(12,13)3-2-5(10)11/h2-3H2,1H3,(H,8,9)(H,10,11). The molecule has 0 aromatic carbocycles. The van der Waals surface area contributed by atoms with E-state index >= 15 is 0 Å².